The van der Waals surface area contributed by atoms with Crippen LogP contribution in [-0.4, -0.2) is 18.6 Å². The zero-order valence-corrected chi connectivity index (χ0v) is 11.2. The summed E-state index contributed by atoms with van der Waals surface area (Å²) in [5, 5.41) is 14.9. The SMILES string of the molecule is Cc1[nH]ncc1CNc1cccc(NS(N)(=O)=O)c1. The summed E-state index contributed by atoms with van der Waals surface area (Å²) in [6, 6.07) is 6.86. The lowest BCUT2D eigenvalue weighted by molar-refractivity contribution is 0.603. The maximum Gasteiger partial charge on any atom is 0.296 e. The first-order chi connectivity index (χ1) is 8.94. The van der Waals surface area contributed by atoms with Crippen LogP contribution < -0.4 is 15.2 Å². The summed E-state index contributed by atoms with van der Waals surface area (Å²) in [4.78, 5) is 0. The minimum absolute atomic E-state index is 0.413. The molecule has 1 aromatic heterocycles. The van der Waals surface area contributed by atoms with Crippen LogP contribution in [0.3, 0.4) is 0 Å². The molecule has 5 N–H and O–H groups in total. The number of nitrogens with zero attached hydrogens (tertiary/aromatic N) is 1. The second kappa shape index (κ2) is 5.29. The van der Waals surface area contributed by atoms with Gasteiger partial charge < -0.3 is 5.32 Å². The van der Waals surface area contributed by atoms with Crippen LogP contribution in [0.5, 0.6) is 0 Å². The second-order valence-electron chi connectivity index (χ2n) is 4.10. The number of nitrogens with one attached hydrogen (secondary N) is 3. The first-order valence-corrected chi connectivity index (χ1v) is 7.12. The Bertz CT molecular complexity index is 665. The molecule has 2 aromatic rings. The smallest absolute Gasteiger partial charge is 0.296 e. The predicted octanol–water partition coefficient (Wildman–Crippen LogP) is 0.946. The van der Waals surface area contributed by atoms with Gasteiger partial charge in [0.15, 0.2) is 0 Å². The van der Waals surface area contributed by atoms with Gasteiger partial charge in [0, 0.05) is 23.5 Å². The number of anilines is 2. The van der Waals surface area contributed by atoms with Crippen LogP contribution in [0.15, 0.2) is 30.5 Å². The molecule has 2 rings (SSSR count). The van der Waals surface area contributed by atoms with Gasteiger partial charge in [-0.15, -0.1) is 0 Å². The average molecular weight is 281 g/mol. The molecule has 0 aliphatic heterocycles. The number of hydrogen-bond acceptors (Lipinski definition) is 4. The van der Waals surface area contributed by atoms with Gasteiger partial charge in [0.25, 0.3) is 10.2 Å². The summed E-state index contributed by atoms with van der Waals surface area (Å²) in [6.07, 6.45) is 1.74. The van der Waals surface area contributed by atoms with Gasteiger partial charge in [0.1, 0.15) is 0 Å². The average Bonchev–Trinajstić information content (AvgIpc) is 2.70. The van der Waals surface area contributed by atoms with E-state index in [-0.39, 0.29) is 0 Å². The van der Waals surface area contributed by atoms with Crippen LogP contribution in [0.1, 0.15) is 11.3 Å². The molecule has 8 heteroatoms. The lowest BCUT2D eigenvalue weighted by Crippen LogP contribution is -2.21. The van der Waals surface area contributed by atoms with Crippen LogP contribution in [0.2, 0.25) is 0 Å². The molecule has 0 amide bonds. The summed E-state index contributed by atoms with van der Waals surface area (Å²) >= 11 is 0. The molecule has 1 aromatic carbocycles. The molecule has 0 saturated carbocycles. The van der Waals surface area contributed by atoms with E-state index in [4.69, 9.17) is 5.14 Å². The first-order valence-electron chi connectivity index (χ1n) is 5.57. The van der Waals surface area contributed by atoms with Gasteiger partial charge >= 0.3 is 0 Å². The van der Waals surface area contributed by atoms with Crippen LogP contribution in [0, 0.1) is 6.92 Å². The van der Waals surface area contributed by atoms with Crippen molar-refractivity contribution in [2.45, 2.75) is 13.5 Å². The van der Waals surface area contributed by atoms with E-state index in [1.54, 1.807) is 24.4 Å². The number of aryl methyl sites for hydroxylation is 1. The van der Waals surface area contributed by atoms with Gasteiger partial charge in [-0.25, -0.2) is 5.14 Å². The van der Waals surface area contributed by atoms with Crippen molar-refractivity contribution in [3.05, 3.63) is 41.7 Å². The van der Waals surface area contributed by atoms with Crippen molar-refractivity contribution in [3.8, 4) is 0 Å². The van der Waals surface area contributed by atoms with Crippen molar-refractivity contribution < 1.29 is 8.42 Å². The Morgan fingerprint density at radius 3 is 2.74 bits per heavy atom. The standard InChI is InChI=1S/C11H15N5O2S/c1-8-9(7-14-15-8)6-13-10-3-2-4-11(5-10)16-19(12,17)18/h2-5,7,13,16H,6H2,1H3,(H,14,15)(H2,12,17,18). The molecule has 0 spiro atoms. The molecule has 0 atom stereocenters. The zero-order chi connectivity index (χ0) is 13.9. The molecular weight excluding hydrogens is 266 g/mol. The van der Waals surface area contributed by atoms with Crippen molar-refractivity contribution in [2.75, 3.05) is 10.0 Å². The Morgan fingerprint density at radius 2 is 2.11 bits per heavy atom. The third-order valence-corrected chi connectivity index (χ3v) is 3.06. The lowest BCUT2D eigenvalue weighted by atomic mass is 10.2. The molecule has 0 unspecified atom stereocenters. The Kier molecular flexibility index (Phi) is 3.72. The first kappa shape index (κ1) is 13.4. The Hall–Kier alpha value is -2.06. The largest absolute Gasteiger partial charge is 0.381 e. The summed E-state index contributed by atoms with van der Waals surface area (Å²) in [5.41, 5.74) is 3.24. The summed E-state index contributed by atoms with van der Waals surface area (Å²) in [5.74, 6) is 0. The number of H-pyrrole nitrogens is 1. The highest BCUT2D eigenvalue weighted by atomic mass is 32.2. The molecular formula is C11H15N5O2S. The van der Waals surface area contributed by atoms with Gasteiger partial charge in [-0.2, -0.15) is 13.5 Å². The van der Waals surface area contributed by atoms with Crippen molar-refractivity contribution in [3.63, 3.8) is 0 Å². The van der Waals surface area contributed by atoms with Crippen molar-refractivity contribution >= 4 is 21.6 Å². The van der Waals surface area contributed by atoms with Crippen LogP contribution >= 0.6 is 0 Å². The molecule has 102 valence electrons. The molecule has 0 radical (unpaired) electrons. The Morgan fingerprint density at radius 1 is 1.37 bits per heavy atom. The summed E-state index contributed by atoms with van der Waals surface area (Å²) in [7, 11) is -3.75. The highest BCUT2D eigenvalue weighted by molar-refractivity contribution is 7.90. The van der Waals surface area contributed by atoms with Crippen molar-refractivity contribution in [1.29, 1.82) is 0 Å². The van der Waals surface area contributed by atoms with Gasteiger partial charge in [-0.1, -0.05) is 6.07 Å². The van der Waals surface area contributed by atoms with E-state index in [0.29, 0.717) is 12.2 Å². The van der Waals surface area contributed by atoms with Gasteiger partial charge in [0.2, 0.25) is 0 Å². The van der Waals surface area contributed by atoms with E-state index in [1.807, 2.05) is 13.0 Å². The third kappa shape index (κ3) is 3.97. The van der Waals surface area contributed by atoms with Crippen molar-refractivity contribution in [1.82, 2.24) is 10.2 Å². The minimum atomic E-state index is -3.75. The predicted molar refractivity (Wildman–Crippen MR) is 73.8 cm³/mol. The fourth-order valence-electron chi connectivity index (χ4n) is 1.61. The van der Waals surface area contributed by atoms with E-state index >= 15 is 0 Å². The zero-order valence-electron chi connectivity index (χ0n) is 10.3. The Labute approximate surface area is 111 Å². The van der Waals surface area contributed by atoms with Crippen molar-refractivity contribution in [2.24, 2.45) is 5.14 Å². The van der Waals surface area contributed by atoms with E-state index in [1.165, 1.54) is 0 Å². The van der Waals surface area contributed by atoms with Crippen LogP contribution in [0.4, 0.5) is 11.4 Å². The Balaban J connectivity index is 2.05. The van der Waals surface area contributed by atoms with E-state index < -0.39 is 10.2 Å². The lowest BCUT2D eigenvalue weighted by Gasteiger charge is -2.08. The quantitative estimate of drug-likeness (QED) is 0.653. The highest BCUT2D eigenvalue weighted by Crippen LogP contribution is 2.16. The third-order valence-electron chi connectivity index (χ3n) is 2.54. The van der Waals surface area contributed by atoms with E-state index in [0.717, 1.165) is 16.9 Å². The maximum atomic E-state index is 10.9. The fraction of sp³-hybridized carbons (Fsp3) is 0.182. The summed E-state index contributed by atoms with van der Waals surface area (Å²) < 4.78 is 24.1. The number of aromatic amines is 1. The van der Waals surface area contributed by atoms with Gasteiger partial charge in [0.05, 0.1) is 11.9 Å². The number of aromatic nitrogens is 2. The highest BCUT2D eigenvalue weighted by Gasteiger charge is 2.04. The van der Waals surface area contributed by atoms with Gasteiger partial charge in [-0.3, -0.25) is 9.82 Å². The molecule has 1 heterocycles. The molecule has 0 aliphatic carbocycles. The molecule has 0 bridgehead atoms. The molecule has 0 saturated heterocycles. The number of nitrogens with two attached hydrogens (primary N) is 1. The monoisotopic (exact) mass is 281 g/mol. The molecule has 19 heavy (non-hydrogen) atoms. The van der Waals surface area contributed by atoms with Crippen LogP contribution in [-0.2, 0) is 16.8 Å². The topological polar surface area (TPSA) is 113 Å². The van der Waals surface area contributed by atoms with Crippen LogP contribution in [0.25, 0.3) is 0 Å². The fourth-order valence-corrected chi connectivity index (χ4v) is 2.06. The van der Waals surface area contributed by atoms with E-state index in [9.17, 15) is 8.42 Å². The van der Waals surface area contributed by atoms with Gasteiger partial charge in [-0.05, 0) is 25.1 Å². The normalized spacial score (nSPS) is 11.3. The second-order valence-corrected chi connectivity index (χ2v) is 5.40. The molecule has 7 nitrogen and oxygen atoms in total. The summed E-state index contributed by atoms with van der Waals surface area (Å²) in [6.45, 7) is 2.53. The molecule has 0 fully saturated rings. The number of benzene rings is 1. The minimum Gasteiger partial charge on any atom is -0.381 e. The molecule has 0 aliphatic rings. The number of hydrogen-bond donors (Lipinski definition) is 4. The van der Waals surface area contributed by atoms with E-state index in [2.05, 4.69) is 20.2 Å². The maximum absolute atomic E-state index is 10.9. The number of rotatable bonds is 5.